The Bertz CT molecular complexity index is 1790. The number of likely N-dealkylation sites (N-methyl/N-ethyl adjacent to an activating group) is 1. The van der Waals surface area contributed by atoms with Crippen LogP contribution in [-0.2, 0) is 13.0 Å². The third-order valence-electron chi connectivity index (χ3n) is 7.76. The topological polar surface area (TPSA) is 132 Å². The summed E-state index contributed by atoms with van der Waals surface area (Å²) in [5.41, 5.74) is 1.24. The molecule has 5 rings (SSSR count). The van der Waals surface area contributed by atoms with E-state index in [9.17, 15) is 23.6 Å². The fourth-order valence-corrected chi connectivity index (χ4v) is 5.57. The van der Waals surface area contributed by atoms with Crippen LogP contribution in [0, 0.1) is 11.6 Å². The number of hydrogen-bond donors (Lipinski definition) is 3. The van der Waals surface area contributed by atoms with Gasteiger partial charge >= 0.3 is 12.1 Å². The highest BCUT2D eigenvalue weighted by Crippen LogP contribution is 2.28. The molecule has 2 heterocycles. The van der Waals surface area contributed by atoms with Gasteiger partial charge in [-0.3, -0.25) is 19.8 Å². The first-order chi connectivity index (χ1) is 21.5. The lowest BCUT2D eigenvalue weighted by Gasteiger charge is -2.30. The van der Waals surface area contributed by atoms with Gasteiger partial charge in [-0.1, -0.05) is 35.9 Å². The summed E-state index contributed by atoms with van der Waals surface area (Å²) < 4.78 is 29.3. The summed E-state index contributed by atoms with van der Waals surface area (Å²) in [6.45, 7) is 0.00582. The largest absolute Gasteiger partial charge is 0.465 e. The van der Waals surface area contributed by atoms with Gasteiger partial charge in [-0.05, 0) is 72.2 Å². The highest BCUT2D eigenvalue weighted by atomic mass is 35.5. The summed E-state index contributed by atoms with van der Waals surface area (Å²) in [6, 6.07) is 13.8. The molecule has 5 amide bonds. The molecule has 10 nitrogen and oxygen atoms in total. The van der Waals surface area contributed by atoms with Gasteiger partial charge in [0.1, 0.15) is 17.5 Å². The van der Waals surface area contributed by atoms with Gasteiger partial charge in [-0.25, -0.2) is 23.4 Å². The van der Waals surface area contributed by atoms with Crippen molar-refractivity contribution in [2.75, 3.05) is 18.9 Å². The van der Waals surface area contributed by atoms with E-state index < -0.39 is 41.6 Å². The zero-order valence-electron chi connectivity index (χ0n) is 24.0. The summed E-state index contributed by atoms with van der Waals surface area (Å²) in [4.78, 5) is 56.9. The molecule has 0 radical (unpaired) electrons. The van der Waals surface area contributed by atoms with E-state index in [4.69, 9.17) is 16.7 Å². The quantitative estimate of drug-likeness (QED) is 0.181. The van der Waals surface area contributed by atoms with Crippen LogP contribution in [0.5, 0.6) is 0 Å². The maximum atomic E-state index is 15.4. The number of pyridine rings is 1. The summed E-state index contributed by atoms with van der Waals surface area (Å²) in [5.74, 6) is -2.00. The number of urea groups is 1. The standard InChI is InChI=1S/C32H28ClF2N5O5/c1-39(31(43)37-17-19-6-4-10-26(35)28(19)33)20(7-5-13-40-29(41)21-8-2-3-9-22(21)30(40)42)14-24-23-15-27(38-32(44)45)36-16-18(23)11-12-25(24)34/h2-4,6,8-12,15-16,20H,5,7,13-14,17H2,1H3,(H,36,38)(H,37,43)(H,44,45). The van der Waals surface area contributed by atoms with Crippen molar-refractivity contribution < 1.29 is 33.1 Å². The Kier molecular flexibility index (Phi) is 9.24. The van der Waals surface area contributed by atoms with Crippen LogP contribution >= 0.6 is 11.6 Å². The lowest BCUT2D eigenvalue weighted by molar-refractivity contribution is 0.0647. The van der Waals surface area contributed by atoms with E-state index in [2.05, 4.69) is 15.6 Å². The normalized spacial score (nSPS) is 13.1. The van der Waals surface area contributed by atoms with Crippen LogP contribution in [-0.4, -0.2) is 63.5 Å². The molecule has 0 aliphatic carbocycles. The first-order valence-corrected chi connectivity index (χ1v) is 14.4. The summed E-state index contributed by atoms with van der Waals surface area (Å²) >= 11 is 6.04. The van der Waals surface area contributed by atoms with E-state index >= 15 is 4.39 Å². The van der Waals surface area contributed by atoms with Crippen molar-refractivity contribution in [1.29, 1.82) is 0 Å². The fourth-order valence-electron chi connectivity index (χ4n) is 5.38. The average Bonchev–Trinajstić information content (AvgIpc) is 3.26. The number of nitrogens with zero attached hydrogens (tertiary/aromatic N) is 3. The van der Waals surface area contributed by atoms with E-state index in [1.54, 1.807) is 30.3 Å². The number of aromatic nitrogens is 1. The number of nitrogens with one attached hydrogen (secondary N) is 2. The van der Waals surface area contributed by atoms with Gasteiger partial charge in [0.05, 0.1) is 16.1 Å². The zero-order valence-corrected chi connectivity index (χ0v) is 24.8. The zero-order chi connectivity index (χ0) is 32.2. The fraction of sp³-hybridized carbons (Fsp3) is 0.219. The lowest BCUT2D eigenvalue weighted by Crippen LogP contribution is -2.45. The number of anilines is 1. The van der Waals surface area contributed by atoms with Crippen LogP contribution in [0.2, 0.25) is 5.02 Å². The molecule has 1 unspecified atom stereocenters. The average molecular weight is 636 g/mol. The number of amides is 5. The number of halogens is 3. The predicted octanol–water partition coefficient (Wildman–Crippen LogP) is 6.09. The van der Waals surface area contributed by atoms with Crippen LogP contribution in [0.1, 0.15) is 44.7 Å². The molecule has 0 saturated carbocycles. The van der Waals surface area contributed by atoms with E-state index in [1.165, 1.54) is 48.5 Å². The SMILES string of the molecule is CN(C(=O)NCc1cccc(F)c1Cl)C(CCCN1C(=O)c2ccccc2C1=O)Cc1c(F)ccc2cnc(NC(=O)O)cc12. The Hall–Kier alpha value is -5.10. The van der Waals surface area contributed by atoms with Gasteiger partial charge in [0.2, 0.25) is 0 Å². The van der Waals surface area contributed by atoms with Crippen molar-refractivity contribution in [1.82, 2.24) is 20.1 Å². The van der Waals surface area contributed by atoms with Gasteiger partial charge < -0.3 is 15.3 Å². The van der Waals surface area contributed by atoms with E-state index in [1.807, 2.05) is 0 Å². The first-order valence-electron chi connectivity index (χ1n) is 14.0. The van der Waals surface area contributed by atoms with Crippen LogP contribution < -0.4 is 10.6 Å². The van der Waals surface area contributed by atoms with Gasteiger partial charge in [-0.15, -0.1) is 0 Å². The van der Waals surface area contributed by atoms with Crippen molar-refractivity contribution in [2.45, 2.75) is 31.8 Å². The summed E-state index contributed by atoms with van der Waals surface area (Å²) in [6.07, 6.45) is 0.648. The molecule has 0 fully saturated rings. The van der Waals surface area contributed by atoms with E-state index in [0.717, 1.165) is 4.90 Å². The second kappa shape index (κ2) is 13.3. The molecule has 0 spiro atoms. The molecule has 232 valence electrons. The van der Waals surface area contributed by atoms with Gasteiger partial charge in [-0.2, -0.15) is 0 Å². The van der Waals surface area contributed by atoms with Crippen molar-refractivity contribution in [3.63, 3.8) is 0 Å². The third kappa shape index (κ3) is 6.70. The van der Waals surface area contributed by atoms with Crippen molar-refractivity contribution >= 4 is 52.1 Å². The molecule has 1 aromatic heterocycles. The van der Waals surface area contributed by atoms with Crippen molar-refractivity contribution in [3.8, 4) is 0 Å². The minimum Gasteiger partial charge on any atom is -0.465 e. The number of benzene rings is 3. The Morgan fingerprint density at radius 1 is 1.02 bits per heavy atom. The molecule has 1 aliphatic heterocycles. The maximum Gasteiger partial charge on any atom is 0.410 e. The van der Waals surface area contributed by atoms with Crippen LogP contribution in [0.3, 0.4) is 0 Å². The Labute approximate surface area is 261 Å². The monoisotopic (exact) mass is 635 g/mol. The third-order valence-corrected chi connectivity index (χ3v) is 8.18. The number of carboxylic acid groups (broad SMARTS) is 1. The highest BCUT2D eigenvalue weighted by molar-refractivity contribution is 6.31. The Morgan fingerprint density at radius 2 is 1.73 bits per heavy atom. The molecule has 0 saturated heterocycles. The summed E-state index contributed by atoms with van der Waals surface area (Å²) in [7, 11) is 1.52. The van der Waals surface area contributed by atoms with Gasteiger partial charge in [0.15, 0.2) is 0 Å². The molecule has 0 bridgehead atoms. The van der Waals surface area contributed by atoms with Gasteiger partial charge in [0.25, 0.3) is 11.8 Å². The van der Waals surface area contributed by atoms with E-state index in [-0.39, 0.29) is 42.3 Å². The number of hydrogen-bond acceptors (Lipinski definition) is 5. The second-order valence-corrected chi connectivity index (χ2v) is 10.9. The number of rotatable bonds is 10. The minimum absolute atomic E-state index is 0.00194. The number of carbonyl (C=O) groups excluding carboxylic acids is 3. The number of imide groups is 1. The second-order valence-electron chi connectivity index (χ2n) is 10.5. The molecule has 1 aliphatic rings. The molecule has 13 heteroatoms. The first kappa shape index (κ1) is 31.3. The van der Waals surface area contributed by atoms with Crippen molar-refractivity contribution in [3.05, 3.63) is 106 Å². The number of fused-ring (bicyclic) bond motifs is 2. The molecule has 3 N–H and O–H groups in total. The highest BCUT2D eigenvalue weighted by Gasteiger charge is 2.35. The maximum absolute atomic E-state index is 15.4. The molecule has 4 aromatic rings. The Morgan fingerprint density at radius 3 is 2.42 bits per heavy atom. The van der Waals surface area contributed by atoms with Crippen LogP contribution in [0.4, 0.5) is 24.2 Å². The van der Waals surface area contributed by atoms with E-state index in [0.29, 0.717) is 33.9 Å². The number of carbonyl (C=O) groups is 4. The molecule has 1 atom stereocenters. The minimum atomic E-state index is -1.33. The molecular formula is C32H28ClF2N5O5. The van der Waals surface area contributed by atoms with Crippen molar-refractivity contribution in [2.24, 2.45) is 0 Å². The molecule has 45 heavy (non-hydrogen) atoms. The lowest BCUT2D eigenvalue weighted by atomic mass is 9.95. The van der Waals surface area contributed by atoms with Gasteiger partial charge in [0, 0.05) is 37.8 Å². The molecule has 3 aromatic carbocycles. The Balaban J connectivity index is 1.39. The van der Waals surface area contributed by atoms with Crippen LogP contribution in [0.15, 0.2) is 66.9 Å². The summed E-state index contributed by atoms with van der Waals surface area (Å²) in [5, 5.41) is 14.8. The smallest absolute Gasteiger partial charge is 0.410 e. The molecular weight excluding hydrogens is 608 g/mol. The van der Waals surface area contributed by atoms with Crippen LogP contribution in [0.25, 0.3) is 10.8 Å². The predicted molar refractivity (Wildman–Crippen MR) is 163 cm³/mol.